The Hall–Kier alpha value is -1.10. The number of unbranched alkanes of at least 4 members (excludes halogenated alkanes) is 1. The van der Waals surface area contributed by atoms with Crippen molar-refractivity contribution in [3.63, 3.8) is 0 Å². The molecule has 0 aliphatic rings. The first-order valence-electron chi connectivity index (χ1n) is 8.76. The second-order valence-electron chi connectivity index (χ2n) is 6.30. The third-order valence-electron chi connectivity index (χ3n) is 4.05. The van der Waals surface area contributed by atoms with Crippen LogP contribution in [0.2, 0.25) is 0 Å². The van der Waals surface area contributed by atoms with Crippen molar-refractivity contribution >= 4 is 34.4 Å². The molecule has 2 aromatic rings. The van der Waals surface area contributed by atoms with Gasteiger partial charge < -0.3 is 4.74 Å². The zero-order valence-electron chi connectivity index (χ0n) is 15.4. The molecule has 0 atom stereocenters. The first-order valence-corrected chi connectivity index (χ1v) is 10.8. The summed E-state index contributed by atoms with van der Waals surface area (Å²) in [6, 6.07) is 13.7. The Morgan fingerprint density at radius 1 is 0.862 bits per heavy atom. The molecule has 0 unspecified atom stereocenters. The van der Waals surface area contributed by atoms with Gasteiger partial charge in [-0.05, 0) is 35.2 Å². The number of hydrogen-bond acceptors (Lipinski definition) is 2. The van der Waals surface area contributed by atoms with Gasteiger partial charge in [-0.3, -0.25) is 0 Å². The van der Waals surface area contributed by atoms with Crippen LogP contribution in [0.1, 0.15) is 25.3 Å². The topological polar surface area (TPSA) is 9.23 Å². The summed E-state index contributed by atoms with van der Waals surface area (Å²) in [5.41, 5.74) is 1.99. The number of thioether (sulfide) groups is 1. The highest BCUT2D eigenvalue weighted by Crippen LogP contribution is 2.54. The van der Waals surface area contributed by atoms with Gasteiger partial charge in [0.2, 0.25) is 0 Å². The van der Waals surface area contributed by atoms with Crippen molar-refractivity contribution in [3.8, 4) is 16.9 Å². The minimum absolute atomic E-state index is 0.0355. The van der Waals surface area contributed by atoms with Gasteiger partial charge in [-0.2, -0.15) is 26.3 Å². The van der Waals surface area contributed by atoms with Gasteiger partial charge in [0, 0.05) is 28.3 Å². The maximum Gasteiger partial charge on any atom is 0.390 e. The van der Waals surface area contributed by atoms with Gasteiger partial charge >= 0.3 is 15.1 Å². The highest BCUT2D eigenvalue weighted by molar-refractivity contribution is 14.1. The highest BCUT2D eigenvalue weighted by Gasteiger charge is 2.70. The predicted octanol–water partition coefficient (Wildman–Crippen LogP) is 8.02. The summed E-state index contributed by atoms with van der Waals surface area (Å²) in [6.07, 6.45) is 1.99. The van der Waals surface area contributed by atoms with Crippen molar-refractivity contribution < 1.29 is 31.1 Å². The molecule has 0 N–H and O–H groups in total. The molecule has 160 valence electrons. The predicted molar refractivity (Wildman–Crippen MR) is 112 cm³/mol. The van der Waals surface area contributed by atoms with Crippen molar-refractivity contribution in [2.45, 2.75) is 40.6 Å². The minimum Gasteiger partial charge on any atom is -0.494 e. The van der Waals surface area contributed by atoms with Crippen molar-refractivity contribution in [3.05, 3.63) is 54.1 Å². The summed E-state index contributed by atoms with van der Waals surface area (Å²) in [7, 11) is 0. The van der Waals surface area contributed by atoms with Crippen LogP contribution in [-0.4, -0.2) is 21.7 Å². The lowest BCUT2D eigenvalue weighted by molar-refractivity contribution is -0.229. The third kappa shape index (κ3) is 6.19. The van der Waals surface area contributed by atoms with E-state index in [-0.39, 0.29) is 22.6 Å². The van der Waals surface area contributed by atoms with E-state index >= 15 is 0 Å². The molecule has 0 bridgehead atoms. The quantitative estimate of drug-likeness (QED) is 0.129. The van der Waals surface area contributed by atoms with Crippen LogP contribution in [0.15, 0.2) is 48.5 Å². The number of benzene rings is 2. The summed E-state index contributed by atoms with van der Waals surface area (Å²) in [4.78, 5) is 0. The van der Waals surface area contributed by atoms with Crippen LogP contribution in [0.25, 0.3) is 11.1 Å². The molecule has 0 aliphatic carbocycles. The standard InChI is InChI=1S/C20H19F6IOS/c1-2-3-12-28-17-10-8-16(9-11-17)15-6-4-14(5-7-15)13-29-20(25,26)18(21,22)19(23,24)27/h4-11H,2-3,12-13H2,1H3. The van der Waals surface area contributed by atoms with Gasteiger partial charge in [0.15, 0.2) is 0 Å². The fraction of sp³-hybridized carbons (Fsp3) is 0.400. The van der Waals surface area contributed by atoms with Crippen molar-refractivity contribution in [1.29, 1.82) is 0 Å². The van der Waals surface area contributed by atoms with Gasteiger partial charge in [-0.25, -0.2) is 0 Å². The van der Waals surface area contributed by atoms with E-state index in [4.69, 9.17) is 4.74 Å². The van der Waals surface area contributed by atoms with Crippen LogP contribution in [0.5, 0.6) is 5.75 Å². The maximum atomic E-state index is 13.6. The molecule has 0 amide bonds. The molecule has 0 spiro atoms. The van der Waals surface area contributed by atoms with Crippen molar-refractivity contribution in [2.24, 2.45) is 0 Å². The second kappa shape index (κ2) is 9.80. The number of hydrogen-bond donors (Lipinski definition) is 0. The zero-order chi connectivity index (χ0) is 21.7. The Morgan fingerprint density at radius 3 is 1.86 bits per heavy atom. The fourth-order valence-electron chi connectivity index (χ4n) is 2.30. The largest absolute Gasteiger partial charge is 0.494 e. The molecule has 0 heterocycles. The molecule has 2 rings (SSSR count). The molecule has 2 aromatic carbocycles. The molecule has 0 fully saturated rings. The van der Waals surface area contributed by atoms with E-state index in [2.05, 4.69) is 6.92 Å². The van der Waals surface area contributed by atoms with Crippen LogP contribution in [0.4, 0.5) is 26.3 Å². The number of ether oxygens (including phenoxy) is 1. The Balaban J connectivity index is 2.00. The van der Waals surface area contributed by atoms with E-state index in [9.17, 15) is 26.3 Å². The molecule has 0 saturated carbocycles. The summed E-state index contributed by atoms with van der Waals surface area (Å²) in [5.74, 6) is -5.24. The minimum atomic E-state index is -5.45. The number of alkyl halides is 7. The van der Waals surface area contributed by atoms with Crippen molar-refractivity contribution in [1.82, 2.24) is 0 Å². The molecule has 0 saturated heterocycles. The van der Waals surface area contributed by atoms with Gasteiger partial charge in [0.25, 0.3) is 0 Å². The van der Waals surface area contributed by atoms with E-state index in [1.54, 1.807) is 12.1 Å². The van der Waals surface area contributed by atoms with Gasteiger partial charge in [0.05, 0.1) is 6.61 Å². The van der Waals surface area contributed by atoms with Gasteiger partial charge in [0.1, 0.15) is 5.75 Å². The molecular weight excluding hydrogens is 529 g/mol. The average molecular weight is 548 g/mol. The molecule has 0 aromatic heterocycles. The lowest BCUT2D eigenvalue weighted by atomic mass is 10.0. The Kier molecular flexibility index (Phi) is 8.17. The first kappa shape index (κ1) is 24.2. The monoisotopic (exact) mass is 548 g/mol. The lowest BCUT2D eigenvalue weighted by Gasteiger charge is -2.29. The number of rotatable bonds is 10. The summed E-state index contributed by atoms with van der Waals surface area (Å²) in [6.45, 7) is 2.70. The first-order chi connectivity index (χ1) is 13.5. The van der Waals surface area contributed by atoms with Crippen LogP contribution in [0, 0.1) is 0 Å². The molecular formula is C20H19F6IOS. The van der Waals surface area contributed by atoms with Crippen LogP contribution < -0.4 is 4.74 Å². The summed E-state index contributed by atoms with van der Waals surface area (Å²) in [5, 5.41) is -4.90. The normalized spacial score (nSPS) is 12.8. The van der Waals surface area contributed by atoms with Crippen LogP contribution in [0.3, 0.4) is 0 Å². The molecule has 0 aliphatic heterocycles. The van der Waals surface area contributed by atoms with E-state index in [1.807, 2.05) is 24.3 Å². The second-order valence-corrected chi connectivity index (χ2v) is 8.75. The van der Waals surface area contributed by atoms with Gasteiger partial charge in [-0.15, -0.1) is 0 Å². The molecule has 29 heavy (non-hydrogen) atoms. The van der Waals surface area contributed by atoms with Crippen molar-refractivity contribution in [2.75, 3.05) is 6.61 Å². The molecule has 1 nitrogen and oxygen atoms in total. The fourth-order valence-corrected chi connectivity index (χ4v) is 3.67. The van der Waals surface area contributed by atoms with E-state index in [0.29, 0.717) is 12.2 Å². The Bertz CT molecular complexity index is 775. The maximum absolute atomic E-state index is 13.6. The summed E-state index contributed by atoms with van der Waals surface area (Å²) < 4.78 is 80.1. The van der Waals surface area contributed by atoms with E-state index in [1.165, 1.54) is 12.1 Å². The SMILES string of the molecule is CCCCOc1ccc(-c2ccc(CSC(F)(F)C(F)(F)C(F)(F)I)cc2)cc1. The molecule has 9 heteroatoms. The van der Waals surface area contributed by atoms with Crippen LogP contribution >= 0.6 is 34.4 Å². The number of halogens is 7. The highest BCUT2D eigenvalue weighted by atomic mass is 127. The summed E-state index contributed by atoms with van der Waals surface area (Å²) >= 11 is -0.471. The van der Waals surface area contributed by atoms with Gasteiger partial charge in [-0.1, -0.05) is 61.5 Å². The Labute approximate surface area is 183 Å². The Morgan fingerprint density at radius 2 is 1.38 bits per heavy atom. The van der Waals surface area contributed by atoms with E-state index < -0.39 is 32.6 Å². The van der Waals surface area contributed by atoms with E-state index in [0.717, 1.165) is 29.7 Å². The smallest absolute Gasteiger partial charge is 0.390 e. The lowest BCUT2D eigenvalue weighted by Crippen LogP contribution is -2.49. The van der Waals surface area contributed by atoms with Crippen LogP contribution in [-0.2, 0) is 5.75 Å². The third-order valence-corrected chi connectivity index (χ3v) is 5.82. The molecule has 0 radical (unpaired) electrons. The average Bonchev–Trinajstić information content (AvgIpc) is 2.67. The zero-order valence-corrected chi connectivity index (χ0v) is 18.4.